The zero-order valence-corrected chi connectivity index (χ0v) is 14.5. The van der Waals surface area contributed by atoms with Crippen molar-refractivity contribution < 1.29 is 4.74 Å². The van der Waals surface area contributed by atoms with Gasteiger partial charge in [-0.2, -0.15) is 0 Å². The van der Waals surface area contributed by atoms with Crippen molar-refractivity contribution in [2.45, 2.75) is 24.9 Å². The van der Waals surface area contributed by atoms with E-state index in [-0.39, 0.29) is 0 Å². The molecule has 0 aliphatic heterocycles. The molecule has 0 N–H and O–H groups in total. The summed E-state index contributed by atoms with van der Waals surface area (Å²) >= 11 is 16.1. The maximum absolute atomic E-state index is 6.35. The molecule has 110 valence electrons. The van der Waals surface area contributed by atoms with Crippen molar-refractivity contribution in [3.8, 4) is 11.1 Å². The number of benzene rings is 1. The Morgan fingerprint density at radius 3 is 2.10 bits per heavy atom. The van der Waals surface area contributed by atoms with Crippen LogP contribution in [-0.4, -0.2) is 17.1 Å². The summed E-state index contributed by atoms with van der Waals surface area (Å²) < 4.78 is 6.57. The smallest absolute Gasteiger partial charge is 0.163 e. The lowest BCUT2D eigenvalue weighted by Crippen LogP contribution is -2.38. The first-order valence-corrected chi connectivity index (χ1v) is 8.15. The first-order valence-electron chi connectivity index (χ1n) is 6.60. The van der Waals surface area contributed by atoms with Crippen molar-refractivity contribution in [3.05, 3.63) is 44.9 Å². The SMILES string of the molecule is COC1(c2nc(Cl)c(-c3ccc(Br)cc3)c(Cl)n2)CCC1. The number of nitrogens with zero attached hydrogens (tertiary/aromatic N) is 2. The second-order valence-electron chi connectivity index (χ2n) is 5.06. The van der Waals surface area contributed by atoms with E-state index in [2.05, 4.69) is 25.9 Å². The summed E-state index contributed by atoms with van der Waals surface area (Å²) in [6.07, 6.45) is 2.89. The van der Waals surface area contributed by atoms with E-state index in [0.29, 0.717) is 21.7 Å². The Labute approximate surface area is 141 Å². The lowest BCUT2D eigenvalue weighted by Gasteiger charge is -2.38. The van der Waals surface area contributed by atoms with Gasteiger partial charge in [-0.15, -0.1) is 0 Å². The third kappa shape index (κ3) is 2.70. The lowest BCUT2D eigenvalue weighted by molar-refractivity contribution is -0.0846. The molecule has 1 aromatic carbocycles. The molecule has 1 fully saturated rings. The Morgan fingerprint density at radius 2 is 1.67 bits per heavy atom. The van der Waals surface area contributed by atoms with Crippen LogP contribution in [-0.2, 0) is 10.3 Å². The highest BCUT2D eigenvalue weighted by Crippen LogP contribution is 2.44. The van der Waals surface area contributed by atoms with Crippen molar-refractivity contribution in [1.29, 1.82) is 0 Å². The van der Waals surface area contributed by atoms with Gasteiger partial charge in [0.15, 0.2) is 5.82 Å². The van der Waals surface area contributed by atoms with Crippen LogP contribution in [0.2, 0.25) is 10.3 Å². The molecule has 0 spiro atoms. The normalized spacial score (nSPS) is 16.6. The molecule has 0 unspecified atom stereocenters. The molecule has 0 atom stereocenters. The van der Waals surface area contributed by atoms with E-state index < -0.39 is 5.60 Å². The molecule has 1 heterocycles. The molecular weight excluding hydrogens is 375 g/mol. The second kappa shape index (κ2) is 5.84. The summed E-state index contributed by atoms with van der Waals surface area (Å²) in [7, 11) is 1.67. The molecule has 0 amide bonds. The van der Waals surface area contributed by atoms with Crippen LogP contribution < -0.4 is 0 Å². The fourth-order valence-electron chi connectivity index (χ4n) is 2.48. The van der Waals surface area contributed by atoms with E-state index in [1.807, 2.05) is 24.3 Å². The van der Waals surface area contributed by atoms with Crippen LogP contribution in [0.5, 0.6) is 0 Å². The predicted octanol–water partition coefficient (Wildman–Crippen LogP) is 5.24. The van der Waals surface area contributed by atoms with Gasteiger partial charge in [0.1, 0.15) is 15.9 Å². The number of ether oxygens (including phenoxy) is 1. The van der Waals surface area contributed by atoms with Gasteiger partial charge in [0.05, 0.1) is 5.56 Å². The summed E-state index contributed by atoms with van der Waals surface area (Å²) in [5, 5.41) is 0.714. The van der Waals surface area contributed by atoms with Gasteiger partial charge in [0.2, 0.25) is 0 Å². The van der Waals surface area contributed by atoms with Crippen LogP contribution in [0.3, 0.4) is 0 Å². The van der Waals surface area contributed by atoms with Crippen LogP contribution >= 0.6 is 39.1 Å². The fraction of sp³-hybridized carbons (Fsp3) is 0.333. The zero-order valence-electron chi connectivity index (χ0n) is 11.4. The molecule has 3 nitrogen and oxygen atoms in total. The highest BCUT2D eigenvalue weighted by Gasteiger charge is 2.42. The van der Waals surface area contributed by atoms with Crippen LogP contribution in [0.1, 0.15) is 25.1 Å². The fourth-order valence-corrected chi connectivity index (χ4v) is 3.35. The Kier molecular flexibility index (Phi) is 4.23. The van der Waals surface area contributed by atoms with E-state index in [1.54, 1.807) is 7.11 Å². The molecular formula is C15H13BrCl2N2O. The first-order chi connectivity index (χ1) is 10.1. The second-order valence-corrected chi connectivity index (χ2v) is 6.69. The third-order valence-electron chi connectivity index (χ3n) is 3.91. The monoisotopic (exact) mass is 386 g/mol. The Morgan fingerprint density at radius 1 is 1.10 bits per heavy atom. The molecule has 21 heavy (non-hydrogen) atoms. The molecule has 0 saturated heterocycles. The summed E-state index contributed by atoms with van der Waals surface area (Å²) in [6.45, 7) is 0. The molecule has 2 aromatic rings. The molecule has 0 bridgehead atoms. The van der Waals surface area contributed by atoms with Crippen molar-refractivity contribution in [3.63, 3.8) is 0 Å². The lowest BCUT2D eigenvalue weighted by atomic mass is 9.79. The van der Waals surface area contributed by atoms with E-state index in [0.717, 1.165) is 29.3 Å². The summed E-state index contributed by atoms with van der Waals surface area (Å²) in [6, 6.07) is 7.71. The Hall–Kier alpha value is -0.680. The van der Waals surface area contributed by atoms with Gasteiger partial charge in [0.25, 0.3) is 0 Å². The van der Waals surface area contributed by atoms with E-state index in [9.17, 15) is 0 Å². The van der Waals surface area contributed by atoms with E-state index >= 15 is 0 Å². The minimum absolute atomic E-state index is 0.357. The van der Waals surface area contributed by atoms with Gasteiger partial charge in [0, 0.05) is 11.6 Å². The molecule has 1 aliphatic rings. The van der Waals surface area contributed by atoms with Crippen molar-refractivity contribution in [1.82, 2.24) is 9.97 Å². The van der Waals surface area contributed by atoms with Crippen molar-refractivity contribution in [2.75, 3.05) is 7.11 Å². The number of hydrogen-bond acceptors (Lipinski definition) is 3. The van der Waals surface area contributed by atoms with Crippen molar-refractivity contribution in [2.24, 2.45) is 0 Å². The largest absolute Gasteiger partial charge is 0.370 e. The quantitative estimate of drug-likeness (QED) is 0.675. The third-order valence-corrected chi connectivity index (χ3v) is 4.99. The van der Waals surface area contributed by atoms with Crippen LogP contribution in [0.15, 0.2) is 28.7 Å². The molecule has 1 aliphatic carbocycles. The van der Waals surface area contributed by atoms with Gasteiger partial charge in [-0.05, 0) is 37.0 Å². The predicted molar refractivity (Wildman–Crippen MR) is 87.7 cm³/mol. The maximum Gasteiger partial charge on any atom is 0.163 e. The highest BCUT2D eigenvalue weighted by atomic mass is 79.9. The molecule has 6 heteroatoms. The van der Waals surface area contributed by atoms with E-state index in [1.165, 1.54) is 0 Å². The topological polar surface area (TPSA) is 35.0 Å². The molecule has 1 aromatic heterocycles. The number of methoxy groups -OCH3 is 1. The van der Waals surface area contributed by atoms with Gasteiger partial charge in [-0.25, -0.2) is 9.97 Å². The maximum atomic E-state index is 6.35. The number of aromatic nitrogens is 2. The average Bonchev–Trinajstić information content (AvgIpc) is 2.40. The highest BCUT2D eigenvalue weighted by molar-refractivity contribution is 9.10. The van der Waals surface area contributed by atoms with Gasteiger partial charge in [-0.3, -0.25) is 0 Å². The summed E-state index contributed by atoms with van der Waals surface area (Å²) in [5.41, 5.74) is 1.12. The van der Waals surface area contributed by atoms with Crippen molar-refractivity contribution >= 4 is 39.1 Å². The standard InChI is InChI=1S/C15H13BrCl2N2O/c1-21-15(7-2-8-15)14-19-12(17)11(13(18)20-14)9-3-5-10(16)6-4-9/h3-6H,2,7-8H2,1H3. The Balaban J connectivity index is 2.06. The zero-order chi connectivity index (χ0) is 15.0. The van der Waals surface area contributed by atoms with Gasteiger partial charge in [-0.1, -0.05) is 51.3 Å². The molecule has 0 radical (unpaired) electrons. The average molecular weight is 388 g/mol. The van der Waals surface area contributed by atoms with E-state index in [4.69, 9.17) is 27.9 Å². The van der Waals surface area contributed by atoms with Crippen LogP contribution in [0.25, 0.3) is 11.1 Å². The van der Waals surface area contributed by atoms with Crippen LogP contribution in [0.4, 0.5) is 0 Å². The van der Waals surface area contributed by atoms with Gasteiger partial charge >= 0.3 is 0 Å². The van der Waals surface area contributed by atoms with Gasteiger partial charge < -0.3 is 4.74 Å². The minimum atomic E-state index is -0.425. The minimum Gasteiger partial charge on any atom is -0.370 e. The number of rotatable bonds is 3. The Bertz CT molecular complexity index is 643. The summed E-state index contributed by atoms with van der Waals surface area (Å²) in [5.74, 6) is 0.576. The van der Waals surface area contributed by atoms with Crippen LogP contribution in [0, 0.1) is 0 Å². The molecule has 3 rings (SSSR count). The first kappa shape index (κ1) is 15.2. The number of hydrogen-bond donors (Lipinski definition) is 0. The molecule has 1 saturated carbocycles. The number of halogens is 3. The summed E-state index contributed by atoms with van der Waals surface area (Å²) in [4.78, 5) is 8.86.